The first-order valence-corrected chi connectivity index (χ1v) is 9.05. The maximum atomic E-state index is 12.6. The quantitative estimate of drug-likeness (QED) is 0.551. The van der Waals surface area contributed by atoms with Crippen molar-refractivity contribution in [2.45, 2.75) is 26.2 Å². The van der Waals surface area contributed by atoms with Crippen molar-refractivity contribution in [2.75, 3.05) is 5.84 Å². The summed E-state index contributed by atoms with van der Waals surface area (Å²) in [6.45, 7) is 6.47. The van der Waals surface area contributed by atoms with Crippen LogP contribution in [0.3, 0.4) is 0 Å². The maximum Gasteiger partial charge on any atom is 0.280 e. The number of hydrogen-bond donors (Lipinski definition) is 1. The van der Waals surface area contributed by atoms with Crippen molar-refractivity contribution in [1.29, 1.82) is 0 Å². The van der Waals surface area contributed by atoms with Gasteiger partial charge in [-0.1, -0.05) is 61.0 Å². The van der Waals surface area contributed by atoms with Gasteiger partial charge in [0, 0.05) is 14.5 Å². The Morgan fingerprint density at radius 3 is 2.29 bits per heavy atom. The Morgan fingerprint density at radius 2 is 1.71 bits per heavy atom. The Labute approximate surface area is 156 Å². The molecule has 1 heterocycles. The minimum absolute atomic E-state index is 0.0625. The van der Waals surface area contributed by atoms with Crippen molar-refractivity contribution in [3.8, 4) is 11.4 Å². The minimum atomic E-state index is -0.281. The molecule has 0 unspecified atom stereocenters. The van der Waals surface area contributed by atoms with Crippen LogP contribution >= 0.6 is 31.9 Å². The van der Waals surface area contributed by atoms with Gasteiger partial charge < -0.3 is 5.84 Å². The largest absolute Gasteiger partial charge is 0.334 e. The molecular formula is C18H17Br2N3O. The predicted molar refractivity (Wildman–Crippen MR) is 106 cm³/mol. The van der Waals surface area contributed by atoms with Gasteiger partial charge in [-0.25, -0.2) is 9.66 Å². The van der Waals surface area contributed by atoms with E-state index in [1.54, 1.807) is 6.07 Å². The molecule has 1 aromatic heterocycles. The second-order valence-corrected chi connectivity index (χ2v) is 8.49. The third kappa shape index (κ3) is 3.00. The maximum absolute atomic E-state index is 12.6. The van der Waals surface area contributed by atoms with Crippen molar-refractivity contribution in [3.63, 3.8) is 0 Å². The van der Waals surface area contributed by atoms with E-state index in [9.17, 15) is 4.79 Å². The summed E-state index contributed by atoms with van der Waals surface area (Å²) < 4.78 is 2.65. The molecule has 0 aliphatic heterocycles. The van der Waals surface area contributed by atoms with Crippen LogP contribution in [0.25, 0.3) is 22.3 Å². The van der Waals surface area contributed by atoms with E-state index >= 15 is 0 Å². The van der Waals surface area contributed by atoms with Crippen molar-refractivity contribution >= 4 is 42.8 Å². The summed E-state index contributed by atoms with van der Waals surface area (Å²) in [6.07, 6.45) is 0. The Bertz CT molecular complexity index is 986. The van der Waals surface area contributed by atoms with Gasteiger partial charge in [0.15, 0.2) is 5.82 Å². The summed E-state index contributed by atoms with van der Waals surface area (Å²) in [7, 11) is 0. The van der Waals surface area contributed by atoms with Crippen LogP contribution in [0.4, 0.5) is 0 Å². The molecule has 0 aliphatic rings. The topological polar surface area (TPSA) is 60.9 Å². The van der Waals surface area contributed by atoms with Gasteiger partial charge in [-0.05, 0) is 39.0 Å². The Morgan fingerprint density at radius 1 is 1.08 bits per heavy atom. The lowest BCUT2D eigenvalue weighted by molar-refractivity contribution is 0.590. The van der Waals surface area contributed by atoms with Crippen LogP contribution in [0.15, 0.2) is 50.1 Å². The van der Waals surface area contributed by atoms with Crippen LogP contribution in [0.2, 0.25) is 0 Å². The lowest BCUT2D eigenvalue weighted by Gasteiger charge is -2.19. The normalized spacial score (nSPS) is 11.9. The van der Waals surface area contributed by atoms with Gasteiger partial charge in [-0.2, -0.15) is 0 Å². The molecule has 6 heteroatoms. The molecule has 0 spiro atoms. The van der Waals surface area contributed by atoms with Gasteiger partial charge in [0.1, 0.15) is 0 Å². The van der Waals surface area contributed by atoms with E-state index in [1.807, 2.05) is 30.3 Å². The van der Waals surface area contributed by atoms with Crippen molar-refractivity contribution in [3.05, 3.63) is 61.3 Å². The average Bonchev–Trinajstić information content (AvgIpc) is 2.50. The summed E-state index contributed by atoms with van der Waals surface area (Å²) in [5.41, 5.74) is 2.40. The fourth-order valence-corrected chi connectivity index (χ4v) is 3.87. The zero-order chi connectivity index (χ0) is 17.6. The van der Waals surface area contributed by atoms with Crippen LogP contribution in [-0.4, -0.2) is 9.66 Å². The number of halogens is 2. The lowest BCUT2D eigenvalue weighted by Crippen LogP contribution is -2.30. The number of aromatic nitrogens is 2. The molecule has 0 saturated heterocycles. The zero-order valence-electron chi connectivity index (χ0n) is 13.6. The second kappa shape index (κ2) is 6.01. The molecule has 0 amide bonds. The van der Waals surface area contributed by atoms with E-state index in [0.717, 1.165) is 19.2 Å². The van der Waals surface area contributed by atoms with Crippen LogP contribution in [0.5, 0.6) is 0 Å². The van der Waals surface area contributed by atoms with E-state index in [1.165, 1.54) is 5.56 Å². The average molecular weight is 451 g/mol. The summed E-state index contributed by atoms with van der Waals surface area (Å²) in [5.74, 6) is 6.46. The number of nitrogens with zero attached hydrogens (tertiary/aromatic N) is 2. The number of nitrogen functional groups attached to an aromatic ring is 1. The highest BCUT2D eigenvalue weighted by molar-refractivity contribution is 9.11. The van der Waals surface area contributed by atoms with E-state index in [-0.39, 0.29) is 11.0 Å². The number of nitrogens with two attached hydrogens (primary N) is 1. The van der Waals surface area contributed by atoms with E-state index in [2.05, 4.69) is 57.6 Å². The van der Waals surface area contributed by atoms with Gasteiger partial charge >= 0.3 is 0 Å². The molecule has 2 N–H and O–H groups in total. The smallest absolute Gasteiger partial charge is 0.280 e. The molecule has 0 radical (unpaired) electrons. The van der Waals surface area contributed by atoms with Crippen molar-refractivity contribution in [1.82, 2.24) is 9.66 Å². The summed E-state index contributed by atoms with van der Waals surface area (Å²) >= 11 is 6.85. The molecule has 24 heavy (non-hydrogen) atoms. The first-order valence-electron chi connectivity index (χ1n) is 7.46. The molecule has 0 saturated carbocycles. The fraction of sp³-hybridized carbons (Fsp3) is 0.222. The molecule has 2 aromatic carbocycles. The molecular weight excluding hydrogens is 434 g/mol. The van der Waals surface area contributed by atoms with E-state index in [4.69, 9.17) is 5.84 Å². The van der Waals surface area contributed by atoms with Gasteiger partial charge in [0.05, 0.1) is 10.9 Å². The zero-order valence-corrected chi connectivity index (χ0v) is 16.8. The van der Waals surface area contributed by atoms with Gasteiger partial charge in [-0.15, -0.1) is 0 Å². The Balaban J connectivity index is 2.24. The Hall–Kier alpha value is -1.66. The van der Waals surface area contributed by atoms with E-state index in [0.29, 0.717) is 16.7 Å². The van der Waals surface area contributed by atoms with E-state index < -0.39 is 0 Å². The first-order chi connectivity index (χ1) is 11.2. The third-order valence-corrected chi connectivity index (χ3v) is 4.99. The highest BCUT2D eigenvalue weighted by Gasteiger charge is 2.16. The van der Waals surface area contributed by atoms with Gasteiger partial charge in [-0.3, -0.25) is 4.79 Å². The highest BCUT2D eigenvalue weighted by Crippen LogP contribution is 2.28. The van der Waals surface area contributed by atoms with Crippen molar-refractivity contribution < 1.29 is 0 Å². The third-order valence-electron chi connectivity index (χ3n) is 3.93. The van der Waals surface area contributed by atoms with Crippen LogP contribution in [-0.2, 0) is 5.41 Å². The Kier molecular flexibility index (Phi) is 4.30. The molecule has 4 nitrogen and oxygen atoms in total. The number of fused-ring (bicyclic) bond motifs is 1. The van der Waals surface area contributed by atoms with Crippen LogP contribution < -0.4 is 11.4 Å². The molecule has 124 valence electrons. The fourth-order valence-electron chi connectivity index (χ4n) is 2.55. The summed E-state index contributed by atoms with van der Waals surface area (Å²) in [5, 5.41) is 0.466. The first kappa shape index (κ1) is 17.2. The van der Waals surface area contributed by atoms with Gasteiger partial charge in [0.25, 0.3) is 5.56 Å². The molecule has 0 atom stereocenters. The minimum Gasteiger partial charge on any atom is -0.334 e. The standard InChI is InChI=1S/C18H17Br2N3O/c1-18(2,3)11-6-4-10(5-7-11)16-22-15-13(17(24)23(16)21)8-12(19)9-14(15)20/h4-9H,21H2,1-3H3. The van der Waals surface area contributed by atoms with Crippen LogP contribution in [0.1, 0.15) is 26.3 Å². The molecule has 0 fully saturated rings. The lowest BCUT2D eigenvalue weighted by atomic mass is 9.86. The molecule has 0 bridgehead atoms. The SMILES string of the molecule is CC(C)(C)c1ccc(-c2nc3c(Br)cc(Br)cc3c(=O)n2N)cc1. The predicted octanol–water partition coefficient (Wildman–Crippen LogP) is 4.60. The number of hydrogen-bond acceptors (Lipinski definition) is 3. The van der Waals surface area contributed by atoms with Crippen molar-refractivity contribution in [2.24, 2.45) is 0 Å². The monoisotopic (exact) mass is 449 g/mol. The number of rotatable bonds is 1. The van der Waals surface area contributed by atoms with Crippen LogP contribution in [0, 0.1) is 0 Å². The second-order valence-electron chi connectivity index (χ2n) is 6.72. The summed E-state index contributed by atoms with van der Waals surface area (Å²) in [4.78, 5) is 17.2. The number of benzene rings is 2. The highest BCUT2D eigenvalue weighted by atomic mass is 79.9. The van der Waals surface area contributed by atoms with Gasteiger partial charge in [0.2, 0.25) is 0 Å². The molecule has 3 aromatic rings. The summed E-state index contributed by atoms with van der Waals surface area (Å²) in [6, 6.07) is 11.6. The molecule has 3 rings (SSSR count). The molecule has 0 aliphatic carbocycles.